The first kappa shape index (κ1) is 19.1. The van der Waals surface area contributed by atoms with E-state index in [2.05, 4.69) is 5.32 Å². The Kier molecular flexibility index (Phi) is 5.94. The molecule has 1 atom stereocenters. The normalized spacial score (nSPS) is 12.8. The van der Waals surface area contributed by atoms with Gasteiger partial charge in [0.15, 0.2) is 0 Å². The van der Waals surface area contributed by atoms with Crippen LogP contribution >= 0.6 is 0 Å². The molecule has 3 N–H and O–H groups in total. The van der Waals surface area contributed by atoms with Gasteiger partial charge in [-0.25, -0.2) is 13.6 Å². The fourth-order valence-electron chi connectivity index (χ4n) is 2.32. The Morgan fingerprint density at radius 1 is 1.20 bits per heavy atom. The Morgan fingerprint density at radius 3 is 2.44 bits per heavy atom. The molecule has 0 aliphatic carbocycles. The number of carbonyl (C=O) groups is 1. The Labute approximate surface area is 148 Å². The van der Waals surface area contributed by atoms with Gasteiger partial charge in [-0.05, 0) is 44.7 Å². The van der Waals surface area contributed by atoms with Crippen LogP contribution in [0.3, 0.4) is 0 Å². The molecule has 0 aliphatic heterocycles. The first-order chi connectivity index (χ1) is 11.7. The van der Waals surface area contributed by atoms with Gasteiger partial charge < -0.3 is 5.32 Å². The van der Waals surface area contributed by atoms with Crippen LogP contribution in [0.5, 0.6) is 0 Å². The van der Waals surface area contributed by atoms with E-state index in [0.717, 1.165) is 5.56 Å². The molecule has 1 amide bonds. The number of primary sulfonamides is 1. The van der Waals surface area contributed by atoms with Crippen molar-refractivity contribution in [2.45, 2.75) is 31.3 Å². The second-order valence-corrected chi connectivity index (χ2v) is 7.70. The summed E-state index contributed by atoms with van der Waals surface area (Å²) in [6.07, 6.45) is 0. The molecule has 134 valence electrons. The van der Waals surface area contributed by atoms with Crippen LogP contribution in [0.15, 0.2) is 53.4 Å². The number of hydrogen-bond donors (Lipinski definition) is 2. The summed E-state index contributed by atoms with van der Waals surface area (Å²) in [6, 6.07) is 13.6. The smallest absolute Gasteiger partial charge is 0.241 e. The molecule has 0 aromatic heterocycles. The number of amides is 1. The number of anilines is 1. The molecule has 7 heteroatoms. The van der Waals surface area contributed by atoms with E-state index in [-0.39, 0.29) is 16.8 Å². The average Bonchev–Trinajstić information content (AvgIpc) is 2.55. The van der Waals surface area contributed by atoms with Crippen LogP contribution in [0.2, 0.25) is 0 Å². The summed E-state index contributed by atoms with van der Waals surface area (Å²) in [6.45, 7) is 4.46. The zero-order valence-electron chi connectivity index (χ0n) is 14.6. The molecule has 0 bridgehead atoms. The summed E-state index contributed by atoms with van der Waals surface area (Å²) < 4.78 is 22.8. The van der Waals surface area contributed by atoms with E-state index < -0.39 is 10.0 Å². The van der Waals surface area contributed by atoms with Gasteiger partial charge in [-0.15, -0.1) is 0 Å². The highest BCUT2D eigenvalue weighted by Crippen LogP contribution is 2.15. The van der Waals surface area contributed by atoms with Crippen LogP contribution in [-0.4, -0.2) is 32.3 Å². The summed E-state index contributed by atoms with van der Waals surface area (Å²) >= 11 is 0. The largest absolute Gasteiger partial charge is 0.325 e. The molecule has 25 heavy (non-hydrogen) atoms. The Morgan fingerprint density at radius 2 is 1.84 bits per heavy atom. The third kappa shape index (κ3) is 5.38. The number of sulfonamides is 1. The minimum absolute atomic E-state index is 0.0361. The molecule has 0 aliphatic rings. The SMILES string of the molecule is Cc1ccc(CN(C)C(C)C(=O)Nc2cccc(S(N)(=O)=O)c2)cc1. The maximum Gasteiger partial charge on any atom is 0.241 e. The van der Waals surface area contributed by atoms with E-state index in [1.807, 2.05) is 43.1 Å². The quantitative estimate of drug-likeness (QED) is 0.824. The molecule has 0 fully saturated rings. The Bertz CT molecular complexity index is 848. The lowest BCUT2D eigenvalue weighted by Gasteiger charge is -2.24. The maximum absolute atomic E-state index is 12.4. The second-order valence-electron chi connectivity index (χ2n) is 6.14. The van der Waals surface area contributed by atoms with Crippen molar-refractivity contribution < 1.29 is 13.2 Å². The Balaban J connectivity index is 2.03. The maximum atomic E-state index is 12.4. The minimum atomic E-state index is -3.80. The lowest BCUT2D eigenvalue weighted by molar-refractivity contribution is -0.120. The van der Waals surface area contributed by atoms with E-state index in [9.17, 15) is 13.2 Å². The van der Waals surface area contributed by atoms with Crippen molar-refractivity contribution in [2.75, 3.05) is 12.4 Å². The number of rotatable bonds is 6. The van der Waals surface area contributed by atoms with Gasteiger partial charge in [0.2, 0.25) is 15.9 Å². The van der Waals surface area contributed by atoms with E-state index in [4.69, 9.17) is 5.14 Å². The lowest BCUT2D eigenvalue weighted by Crippen LogP contribution is -2.39. The highest BCUT2D eigenvalue weighted by molar-refractivity contribution is 7.89. The first-order valence-corrected chi connectivity index (χ1v) is 9.41. The Hall–Kier alpha value is -2.22. The zero-order valence-corrected chi connectivity index (χ0v) is 15.4. The van der Waals surface area contributed by atoms with Crippen LogP contribution in [0.4, 0.5) is 5.69 Å². The van der Waals surface area contributed by atoms with Gasteiger partial charge in [0.25, 0.3) is 0 Å². The fourth-order valence-corrected chi connectivity index (χ4v) is 2.88. The van der Waals surface area contributed by atoms with Crippen LogP contribution in [0.25, 0.3) is 0 Å². The van der Waals surface area contributed by atoms with Crippen LogP contribution in [-0.2, 0) is 21.4 Å². The van der Waals surface area contributed by atoms with Crippen molar-refractivity contribution in [3.8, 4) is 0 Å². The number of nitrogens with zero attached hydrogens (tertiary/aromatic N) is 1. The van der Waals surface area contributed by atoms with Crippen molar-refractivity contribution in [2.24, 2.45) is 5.14 Å². The number of hydrogen-bond acceptors (Lipinski definition) is 4. The van der Waals surface area contributed by atoms with Gasteiger partial charge in [0, 0.05) is 12.2 Å². The molecule has 0 spiro atoms. The molecule has 0 saturated carbocycles. The monoisotopic (exact) mass is 361 g/mol. The van der Waals surface area contributed by atoms with Crippen LogP contribution in [0, 0.1) is 6.92 Å². The highest BCUT2D eigenvalue weighted by atomic mass is 32.2. The molecule has 2 aromatic rings. The van der Waals surface area contributed by atoms with Gasteiger partial charge in [-0.1, -0.05) is 35.9 Å². The molecule has 2 rings (SSSR count). The van der Waals surface area contributed by atoms with E-state index in [1.165, 1.54) is 23.8 Å². The van der Waals surface area contributed by atoms with Crippen molar-refractivity contribution in [1.29, 1.82) is 0 Å². The minimum Gasteiger partial charge on any atom is -0.325 e. The predicted octanol–water partition coefficient (Wildman–Crippen LogP) is 2.10. The van der Waals surface area contributed by atoms with Crippen molar-refractivity contribution in [1.82, 2.24) is 4.90 Å². The van der Waals surface area contributed by atoms with Crippen LogP contribution < -0.4 is 10.5 Å². The summed E-state index contributed by atoms with van der Waals surface area (Å²) in [5.41, 5.74) is 2.70. The number of carbonyl (C=O) groups excluding carboxylic acids is 1. The topological polar surface area (TPSA) is 92.5 Å². The molecular formula is C18H23N3O3S. The van der Waals surface area contributed by atoms with Crippen molar-refractivity contribution in [3.05, 3.63) is 59.7 Å². The third-order valence-electron chi connectivity index (χ3n) is 4.02. The summed E-state index contributed by atoms with van der Waals surface area (Å²) in [4.78, 5) is 14.3. The van der Waals surface area contributed by atoms with Gasteiger partial charge in [-0.3, -0.25) is 9.69 Å². The van der Waals surface area contributed by atoms with Crippen molar-refractivity contribution >= 4 is 21.6 Å². The number of aryl methyl sites for hydroxylation is 1. The molecular weight excluding hydrogens is 338 g/mol. The van der Waals surface area contributed by atoms with Crippen molar-refractivity contribution in [3.63, 3.8) is 0 Å². The van der Waals surface area contributed by atoms with Gasteiger partial charge in [0.1, 0.15) is 0 Å². The van der Waals surface area contributed by atoms with E-state index >= 15 is 0 Å². The number of nitrogens with two attached hydrogens (primary N) is 1. The fraction of sp³-hybridized carbons (Fsp3) is 0.278. The highest BCUT2D eigenvalue weighted by Gasteiger charge is 2.19. The number of benzene rings is 2. The van der Waals surface area contributed by atoms with E-state index in [0.29, 0.717) is 12.2 Å². The standard InChI is InChI=1S/C18H23N3O3S/c1-13-7-9-15(10-8-13)12-21(3)14(2)18(22)20-16-5-4-6-17(11-16)25(19,23)24/h4-11,14H,12H2,1-3H3,(H,20,22)(H2,19,23,24). The average molecular weight is 361 g/mol. The first-order valence-electron chi connectivity index (χ1n) is 7.86. The molecule has 0 heterocycles. The predicted molar refractivity (Wildman–Crippen MR) is 98.6 cm³/mol. The van der Waals surface area contributed by atoms with E-state index in [1.54, 1.807) is 13.0 Å². The third-order valence-corrected chi connectivity index (χ3v) is 4.93. The summed E-state index contributed by atoms with van der Waals surface area (Å²) in [5.74, 6) is -0.221. The number of likely N-dealkylation sites (N-methyl/N-ethyl adjacent to an activating group) is 1. The van der Waals surface area contributed by atoms with Gasteiger partial charge >= 0.3 is 0 Å². The lowest BCUT2D eigenvalue weighted by atomic mass is 10.1. The molecule has 1 unspecified atom stereocenters. The summed E-state index contributed by atoms with van der Waals surface area (Å²) in [5, 5.41) is 7.84. The van der Waals surface area contributed by atoms with Gasteiger partial charge in [0.05, 0.1) is 10.9 Å². The number of nitrogens with one attached hydrogen (secondary N) is 1. The zero-order chi connectivity index (χ0) is 18.6. The van der Waals surface area contributed by atoms with Crippen LogP contribution in [0.1, 0.15) is 18.1 Å². The molecule has 2 aromatic carbocycles. The van der Waals surface area contributed by atoms with Gasteiger partial charge in [-0.2, -0.15) is 0 Å². The molecule has 0 radical (unpaired) electrons. The molecule has 6 nitrogen and oxygen atoms in total. The second kappa shape index (κ2) is 7.77. The molecule has 0 saturated heterocycles. The summed E-state index contributed by atoms with van der Waals surface area (Å²) in [7, 11) is -1.94.